The van der Waals surface area contributed by atoms with Crippen molar-refractivity contribution in [1.82, 2.24) is 10.3 Å². The van der Waals surface area contributed by atoms with Crippen molar-refractivity contribution in [3.63, 3.8) is 0 Å². The molecule has 1 saturated heterocycles. The van der Waals surface area contributed by atoms with Gasteiger partial charge >= 0.3 is 0 Å². The number of aliphatic imine (C=N–C) groups is 1. The molecular weight excluding hydrogens is 341 g/mol. The first-order valence-electron chi connectivity index (χ1n) is 6.52. The Morgan fingerprint density at radius 2 is 2.00 bits per heavy atom. The number of nitrogens with one attached hydrogen (secondary N) is 1. The van der Waals surface area contributed by atoms with E-state index < -0.39 is 0 Å². The Labute approximate surface area is 141 Å². The molecule has 0 radical (unpaired) electrons. The molecular formula is C15H11Cl2N3OS. The second-order valence-corrected chi connectivity index (χ2v) is 6.75. The SMILES string of the molecule is O=C1N/C(=N/c2ccccn2)SC1Cc1cc(Cl)cc(Cl)c1. The average molecular weight is 352 g/mol. The number of hydrogen-bond donors (Lipinski definition) is 1. The Bertz CT molecular complexity index is 717. The second-order valence-electron chi connectivity index (χ2n) is 4.68. The third kappa shape index (κ3) is 3.80. The highest BCUT2D eigenvalue weighted by molar-refractivity contribution is 8.15. The number of nitrogens with zero attached hydrogens (tertiary/aromatic N) is 2. The first kappa shape index (κ1) is 15.3. The van der Waals surface area contributed by atoms with Gasteiger partial charge in [0.25, 0.3) is 0 Å². The Morgan fingerprint density at radius 3 is 2.68 bits per heavy atom. The smallest absolute Gasteiger partial charge is 0.239 e. The topological polar surface area (TPSA) is 54.4 Å². The zero-order valence-corrected chi connectivity index (χ0v) is 13.6. The van der Waals surface area contributed by atoms with Gasteiger partial charge in [-0.05, 0) is 42.3 Å². The fraction of sp³-hybridized carbons (Fsp3) is 0.133. The van der Waals surface area contributed by atoms with E-state index in [0.717, 1.165) is 5.56 Å². The number of carbonyl (C=O) groups excluding carboxylic acids is 1. The molecule has 4 nitrogen and oxygen atoms in total. The highest BCUT2D eigenvalue weighted by atomic mass is 35.5. The summed E-state index contributed by atoms with van der Waals surface area (Å²) in [7, 11) is 0. The van der Waals surface area contributed by atoms with Gasteiger partial charge in [0.1, 0.15) is 0 Å². The van der Waals surface area contributed by atoms with Crippen molar-refractivity contribution < 1.29 is 4.79 Å². The molecule has 1 unspecified atom stereocenters. The van der Waals surface area contributed by atoms with Crippen LogP contribution in [0.4, 0.5) is 5.82 Å². The van der Waals surface area contributed by atoms with Gasteiger partial charge in [-0.15, -0.1) is 0 Å². The number of hydrogen-bond acceptors (Lipinski definition) is 4. The summed E-state index contributed by atoms with van der Waals surface area (Å²) in [6.45, 7) is 0. The largest absolute Gasteiger partial charge is 0.304 e. The summed E-state index contributed by atoms with van der Waals surface area (Å²) in [4.78, 5) is 20.5. The highest BCUT2D eigenvalue weighted by Gasteiger charge is 2.30. The van der Waals surface area contributed by atoms with E-state index in [0.29, 0.717) is 27.5 Å². The van der Waals surface area contributed by atoms with Gasteiger partial charge in [-0.3, -0.25) is 4.79 Å². The van der Waals surface area contributed by atoms with Crippen molar-refractivity contribution in [2.75, 3.05) is 0 Å². The fourth-order valence-electron chi connectivity index (χ4n) is 2.06. The molecule has 1 aromatic heterocycles. The average Bonchev–Trinajstić information content (AvgIpc) is 2.78. The third-order valence-electron chi connectivity index (χ3n) is 2.99. The number of aromatic nitrogens is 1. The number of pyridine rings is 1. The number of carbonyl (C=O) groups is 1. The molecule has 1 amide bonds. The molecule has 0 bridgehead atoms. The van der Waals surface area contributed by atoms with Crippen LogP contribution < -0.4 is 5.32 Å². The van der Waals surface area contributed by atoms with Crippen LogP contribution in [0.5, 0.6) is 0 Å². The molecule has 0 spiro atoms. The second kappa shape index (κ2) is 6.69. The van der Waals surface area contributed by atoms with Gasteiger partial charge in [0, 0.05) is 16.2 Å². The normalized spacial score (nSPS) is 19.5. The van der Waals surface area contributed by atoms with Gasteiger partial charge in [-0.1, -0.05) is 41.0 Å². The number of amides is 1. The lowest BCUT2D eigenvalue weighted by Gasteiger charge is -2.06. The number of halogens is 2. The minimum absolute atomic E-state index is 0.0734. The summed E-state index contributed by atoms with van der Waals surface area (Å²) >= 11 is 13.4. The van der Waals surface area contributed by atoms with E-state index >= 15 is 0 Å². The molecule has 1 aromatic carbocycles. The van der Waals surface area contributed by atoms with Crippen LogP contribution in [-0.2, 0) is 11.2 Å². The van der Waals surface area contributed by atoms with Crippen LogP contribution in [0, 0.1) is 0 Å². The van der Waals surface area contributed by atoms with E-state index in [9.17, 15) is 4.79 Å². The summed E-state index contributed by atoms with van der Waals surface area (Å²) in [5.41, 5.74) is 0.921. The highest BCUT2D eigenvalue weighted by Crippen LogP contribution is 2.27. The molecule has 3 rings (SSSR count). The van der Waals surface area contributed by atoms with Gasteiger partial charge in [-0.25, -0.2) is 9.98 Å². The molecule has 2 heterocycles. The summed E-state index contributed by atoms with van der Waals surface area (Å²) < 4.78 is 0. The maximum absolute atomic E-state index is 12.0. The van der Waals surface area contributed by atoms with E-state index in [4.69, 9.17) is 23.2 Å². The van der Waals surface area contributed by atoms with Gasteiger partial charge in [0.2, 0.25) is 5.91 Å². The molecule has 1 fully saturated rings. The lowest BCUT2D eigenvalue weighted by molar-refractivity contribution is -0.118. The summed E-state index contributed by atoms with van der Waals surface area (Å²) in [6, 6.07) is 10.7. The standard InChI is InChI=1S/C15H11Cl2N3OS/c16-10-5-9(6-11(17)8-10)7-12-14(21)20-15(22-12)19-13-3-1-2-4-18-13/h1-6,8,12H,7H2,(H,18,19,20,21). The van der Waals surface area contributed by atoms with Crippen molar-refractivity contribution in [3.8, 4) is 0 Å². The molecule has 0 aliphatic carbocycles. The fourth-order valence-corrected chi connectivity index (χ4v) is 3.65. The van der Waals surface area contributed by atoms with Crippen molar-refractivity contribution in [2.24, 2.45) is 4.99 Å². The lowest BCUT2D eigenvalue weighted by Crippen LogP contribution is -2.26. The Hall–Kier alpha value is -1.56. The Kier molecular flexibility index (Phi) is 4.66. The predicted octanol–water partition coefficient (Wildman–Crippen LogP) is 3.85. The van der Waals surface area contributed by atoms with Crippen molar-refractivity contribution in [2.45, 2.75) is 11.7 Å². The maximum Gasteiger partial charge on any atom is 0.239 e. The van der Waals surface area contributed by atoms with Gasteiger partial charge in [0.15, 0.2) is 11.0 Å². The predicted molar refractivity (Wildman–Crippen MR) is 91.0 cm³/mol. The summed E-state index contributed by atoms with van der Waals surface area (Å²) in [5, 5.41) is 4.20. The molecule has 112 valence electrons. The van der Waals surface area contributed by atoms with Crippen LogP contribution in [0.3, 0.4) is 0 Å². The quantitative estimate of drug-likeness (QED) is 0.913. The Morgan fingerprint density at radius 1 is 1.23 bits per heavy atom. The maximum atomic E-state index is 12.0. The monoisotopic (exact) mass is 351 g/mol. The molecule has 1 atom stereocenters. The molecule has 1 aliphatic heterocycles. The molecule has 1 aliphatic rings. The van der Waals surface area contributed by atoms with Crippen LogP contribution in [-0.4, -0.2) is 21.3 Å². The number of thioether (sulfide) groups is 1. The third-order valence-corrected chi connectivity index (χ3v) is 4.50. The molecule has 22 heavy (non-hydrogen) atoms. The van der Waals surface area contributed by atoms with E-state index in [1.165, 1.54) is 11.8 Å². The zero-order chi connectivity index (χ0) is 15.5. The van der Waals surface area contributed by atoms with Crippen molar-refractivity contribution in [3.05, 3.63) is 58.2 Å². The summed E-state index contributed by atoms with van der Waals surface area (Å²) in [6.07, 6.45) is 2.20. The van der Waals surface area contributed by atoms with E-state index in [1.54, 1.807) is 18.3 Å². The Balaban J connectivity index is 1.74. The molecule has 0 saturated carbocycles. The van der Waals surface area contributed by atoms with Crippen LogP contribution in [0.2, 0.25) is 10.0 Å². The lowest BCUT2D eigenvalue weighted by atomic mass is 10.1. The number of amidine groups is 1. The van der Waals surface area contributed by atoms with Crippen LogP contribution >= 0.6 is 35.0 Å². The number of benzene rings is 1. The van der Waals surface area contributed by atoms with Gasteiger partial charge in [-0.2, -0.15) is 0 Å². The van der Waals surface area contributed by atoms with Crippen LogP contribution in [0.1, 0.15) is 5.56 Å². The molecule has 1 N–H and O–H groups in total. The minimum Gasteiger partial charge on any atom is -0.304 e. The molecule has 7 heteroatoms. The van der Waals surface area contributed by atoms with E-state index in [2.05, 4.69) is 15.3 Å². The first-order valence-corrected chi connectivity index (χ1v) is 8.16. The summed E-state index contributed by atoms with van der Waals surface area (Å²) in [5.74, 6) is 0.493. The van der Waals surface area contributed by atoms with Gasteiger partial charge in [0.05, 0.1) is 5.25 Å². The first-order chi connectivity index (χ1) is 10.6. The molecule has 2 aromatic rings. The van der Waals surface area contributed by atoms with Crippen LogP contribution in [0.15, 0.2) is 47.6 Å². The van der Waals surface area contributed by atoms with Crippen molar-refractivity contribution >= 4 is 51.9 Å². The van der Waals surface area contributed by atoms with Gasteiger partial charge < -0.3 is 5.32 Å². The van der Waals surface area contributed by atoms with E-state index in [1.807, 2.05) is 24.3 Å². The number of rotatable bonds is 3. The van der Waals surface area contributed by atoms with Crippen LogP contribution in [0.25, 0.3) is 0 Å². The van der Waals surface area contributed by atoms with E-state index in [-0.39, 0.29) is 11.2 Å². The zero-order valence-electron chi connectivity index (χ0n) is 11.3. The minimum atomic E-state index is -0.253. The van der Waals surface area contributed by atoms with Crippen molar-refractivity contribution in [1.29, 1.82) is 0 Å².